The molecular formula is C20H20F2N2O4S. The van der Waals surface area contributed by atoms with Gasteiger partial charge in [0.15, 0.2) is 0 Å². The van der Waals surface area contributed by atoms with Gasteiger partial charge < -0.3 is 15.4 Å². The standard InChI is InChI=1S/C20H20F2N2O4S/c1-28-20(27)17-13-4-2-3-5-15(13)29-19(17)24-16(25)8-9-23-18(26)12-7-6-11(21)10-14(12)22/h6-7,10H,2-5,8-9H2,1H3,(H,23,26)(H,24,25). The van der Waals surface area contributed by atoms with E-state index in [-0.39, 0.29) is 18.5 Å². The Morgan fingerprint density at radius 2 is 1.93 bits per heavy atom. The van der Waals surface area contributed by atoms with Crippen LogP contribution in [0, 0.1) is 11.6 Å². The highest BCUT2D eigenvalue weighted by atomic mass is 32.1. The first kappa shape index (κ1) is 20.9. The molecule has 1 aromatic carbocycles. The summed E-state index contributed by atoms with van der Waals surface area (Å²) in [5.74, 6) is -3.37. The third-order valence-electron chi connectivity index (χ3n) is 4.63. The molecule has 1 aromatic heterocycles. The lowest BCUT2D eigenvalue weighted by Crippen LogP contribution is -2.28. The molecule has 0 radical (unpaired) electrons. The Bertz CT molecular complexity index is 958. The number of methoxy groups -OCH3 is 1. The van der Waals surface area contributed by atoms with Crippen molar-refractivity contribution in [3.8, 4) is 0 Å². The minimum Gasteiger partial charge on any atom is -0.465 e. The zero-order valence-electron chi connectivity index (χ0n) is 15.8. The van der Waals surface area contributed by atoms with Crippen molar-refractivity contribution in [2.24, 2.45) is 0 Å². The van der Waals surface area contributed by atoms with Crippen molar-refractivity contribution in [2.75, 3.05) is 19.0 Å². The monoisotopic (exact) mass is 422 g/mol. The molecule has 0 atom stereocenters. The number of carbonyl (C=O) groups is 3. The summed E-state index contributed by atoms with van der Waals surface area (Å²) in [6, 6.07) is 2.64. The van der Waals surface area contributed by atoms with Gasteiger partial charge in [0.2, 0.25) is 5.91 Å². The smallest absolute Gasteiger partial charge is 0.341 e. The minimum atomic E-state index is -0.973. The number of amides is 2. The van der Waals surface area contributed by atoms with Gasteiger partial charge in [-0.05, 0) is 43.4 Å². The van der Waals surface area contributed by atoms with Crippen LogP contribution >= 0.6 is 11.3 Å². The number of fused-ring (bicyclic) bond motifs is 1. The number of ether oxygens (including phenoxy) is 1. The molecule has 6 nitrogen and oxygen atoms in total. The highest BCUT2D eigenvalue weighted by Gasteiger charge is 2.26. The van der Waals surface area contributed by atoms with E-state index in [4.69, 9.17) is 4.74 Å². The lowest BCUT2D eigenvalue weighted by Gasteiger charge is -2.11. The number of carbonyl (C=O) groups excluding carboxylic acids is 3. The molecule has 1 aliphatic carbocycles. The zero-order chi connectivity index (χ0) is 21.0. The van der Waals surface area contributed by atoms with Crippen LogP contribution in [-0.2, 0) is 22.4 Å². The summed E-state index contributed by atoms with van der Waals surface area (Å²) in [5, 5.41) is 5.59. The SMILES string of the molecule is COC(=O)c1c(NC(=O)CCNC(=O)c2ccc(F)cc2F)sc2c1CCCC2. The fourth-order valence-electron chi connectivity index (χ4n) is 3.22. The number of halogens is 2. The predicted molar refractivity (Wildman–Crippen MR) is 104 cm³/mol. The zero-order valence-corrected chi connectivity index (χ0v) is 16.6. The molecule has 9 heteroatoms. The maximum absolute atomic E-state index is 13.6. The normalized spacial score (nSPS) is 12.8. The maximum atomic E-state index is 13.6. The van der Waals surface area contributed by atoms with Gasteiger partial charge in [0.25, 0.3) is 5.91 Å². The van der Waals surface area contributed by atoms with E-state index >= 15 is 0 Å². The van der Waals surface area contributed by atoms with Crippen LogP contribution in [0.3, 0.4) is 0 Å². The van der Waals surface area contributed by atoms with E-state index in [2.05, 4.69) is 10.6 Å². The highest BCUT2D eigenvalue weighted by Crippen LogP contribution is 2.38. The summed E-state index contributed by atoms with van der Waals surface area (Å²) < 4.78 is 31.4. The van der Waals surface area contributed by atoms with E-state index in [1.54, 1.807) is 0 Å². The number of hydrogen-bond acceptors (Lipinski definition) is 5. The topological polar surface area (TPSA) is 84.5 Å². The lowest BCUT2D eigenvalue weighted by molar-refractivity contribution is -0.116. The molecule has 2 N–H and O–H groups in total. The van der Waals surface area contributed by atoms with E-state index < -0.39 is 29.4 Å². The second-order valence-corrected chi connectivity index (χ2v) is 7.69. The number of benzene rings is 1. The number of rotatable bonds is 6. The van der Waals surface area contributed by atoms with Gasteiger partial charge in [0.05, 0.1) is 18.2 Å². The van der Waals surface area contributed by atoms with Gasteiger partial charge in [-0.15, -0.1) is 11.3 Å². The van der Waals surface area contributed by atoms with Crippen LogP contribution in [-0.4, -0.2) is 31.4 Å². The molecule has 2 aromatic rings. The molecule has 0 spiro atoms. The molecule has 0 bridgehead atoms. The van der Waals surface area contributed by atoms with Gasteiger partial charge >= 0.3 is 5.97 Å². The lowest BCUT2D eigenvalue weighted by atomic mass is 9.95. The van der Waals surface area contributed by atoms with Crippen LogP contribution in [0.5, 0.6) is 0 Å². The molecule has 0 fully saturated rings. The fourth-order valence-corrected chi connectivity index (χ4v) is 4.51. The van der Waals surface area contributed by atoms with E-state index in [1.807, 2.05) is 0 Å². The summed E-state index contributed by atoms with van der Waals surface area (Å²) >= 11 is 1.37. The van der Waals surface area contributed by atoms with Crippen LogP contribution in [0.15, 0.2) is 18.2 Å². The van der Waals surface area contributed by atoms with Crippen molar-refractivity contribution in [3.05, 3.63) is 51.4 Å². The Morgan fingerprint density at radius 1 is 1.17 bits per heavy atom. The first-order valence-electron chi connectivity index (χ1n) is 9.16. The van der Waals surface area contributed by atoms with Crippen molar-refractivity contribution >= 4 is 34.1 Å². The molecule has 0 aliphatic heterocycles. The summed E-state index contributed by atoms with van der Waals surface area (Å²) in [6.45, 7) is -0.0415. The molecule has 154 valence electrons. The first-order chi connectivity index (χ1) is 13.9. The van der Waals surface area contributed by atoms with E-state index in [9.17, 15) is 23.2 Å². The Kier molecular flexibility index (Phi) is 6.58. The van der Waals surface area contributed by atoms with Crippen molar-refractivity contribution in [1.82, 2.24) is 5.32 Å². The van der Waals surface area contributed by atoms with Gasteiger partial charge in [-0.3, -0.25) is 9.59 Å². The molecular weight excluding hydrogens is 402 g/mol. The average molecular weight is 422 g/mol. The Balaban J connectivity index is 1.60. The van der Waals surface area contributed by atoms with Crippen molar-refractivity contribution in [2.45, 2.75) is 32.1 Å². The predicted octanol–water partition coefficient (Wildman–Crippen LogP) is 3.45. The van der Waals surface area contributed by atoms with Crippen LogP contribution in [0.2, 0.25) is 0 Å². The first-order valence-corrected chi connectivity index (χ1v) is 9.98. The molecule has 0 saturated carbocycles. The number of esters is 1. The number of thiophene rings is 1. The second kappa shape index (κ2) is 9.13. The van der Waals surface area contributed by atoms with Crippen LogP contribution in [0.1, 0.15) is 50.4 Å². The van der Waals surface area contributed by atoms with E-state index in [0.717, 1.165) is 48.3 Å². The molecule has 0 unspecified atom stereocenters. The maximum Gasteiger partial charge on any atom is 0.341 e. The van der Waals surface area contributed by atoms with Crippen LogP contribution < -0.4 is 10.6 Å². The Labute approximate surface area is 170 Å². The molecule has 29 heavy (non-hydrogen) atoms. The number of aryl methyl sites for hydroxylation is 1. The van der Waals surface area contributed by atoms with Gasteiger partial charge in [0.1, 0.15) is 16.6 Å². The minimum absolute atomic E-state index is 0.0415. The van der Waals surface area contributed by atoms with Gasteiger partial charge in [-0.1, -0.05) is 0 Å². The van der Waals surface area contributed by atoms with Crippen molar-refractivity contribution in [3.63, 3.8) is 0 Å². The summed E-state index contributed by atoms with van der Waals surface area (Å²) in [6.07, 6.45) is 3.57. The summed E-state index contributed by atoms with van der Waals surface area (Å²) in [7, 11) is 1.30. The molecule has 1 heterocycles. The van der Waals surface area contributed by atoms with Crippen LogP contribution in [0.25, 0.3) is 0 Å². The molecule has 0 saturated heterocycles. The van der Waals surface area contributed by atoms with Crippen molar-refractivity contribution < 1.29 is 27.9 Å². The third kappa shape index (κ3) is 4.79. The van der Waals surface area contributed by atoms with Crippen molar-refractivity contribution in [1.29, 1.82) is 0 Å². The Hall–Kier alpha value is -2.81. The van der Waals surface area contributed by atoms with Gasteiger partial charge in [-0.2, -0.15) is 0 Å². The van der Waals surface area contributed by atoms with Crippen LogP contribution in [0.4, 0.5) is 13.8 Å². The quantitative estimate of drug-likeness (QED) is 0.699. The molecule has 1 aliphatic rings. The Morgan fingerprint density at radius 3 is 2.66 bits per heavy atom. The van der Waals surface area contributed by atoms with E-state index in [0.29, 0.717) is 16.6 Å². The van der Waals surface area contributed by atoms with Gasteiger partial charge in [0, 0.05) is 23.9 Å². The molecule has 3 rings (SSSR count). The fraction of sp³-hybridized carbons (Fsp3) is 0.350. The summed E-state index contributed by atoms with van der Waals surface area (Å²) in [4.78, 5) is 37.5. The highest BCUT2D eigenvalue weighted by molar-refractivity contribution is 7.17. The number of nitrogens with one attached hydrogen (secondary N) is 2. The average Bonchev–Trinajstić information content (AvgIpc) is 3.04. The van der Waals surface area contributed by atoms with Gasteiger partial charge in [-0.25, -0.2) is 13.6 Å². The second-order valence-electron chi connectivity index (χ2n) is 6.58. The molecule has 2 amide bonds. The number of hydrogen-bond donors (Lipinski definition) is 2. The van der Waals surface area contributed by atoms with E-state index in [1.165, 1.54) is 18.4 Å². The summed E-state index contributed by atoms with van der Waals surface area (Å²) in [5.41, 5.74) is 1.03. The largest absolute Gasteiger partial charge is 0.465 e. The third-order valence-corrected chi connectivity index (χ3v) is 5.83. The number of anilines is 1.